The van der Waals surface area contributed by atoms with Crippen molar-refractivity contribution in [3.63, 3.8) is 0 Å². The van der Waals surface area contributed by atoms with Gasteiger partial charge in [0.25, 0.3) is 0 Å². The van der Waals surface area contributed by atoms with Crippen LogP contribution in [-0.4, -0.2) is 12.1 Å². The average Bonchev–Trinajstić information content (AvgIpc) is 2.35. The number of pyridine rings is 1. The molecule has 0 amide bonds. The monoisotopic (exact) mass is 292 g/mol. The van der Waals surface area contributed by atoms with Crippen LogP contribution in [-0.2, 0) is 0 Å². The molecule has 2 aromatic rings. The summed E-state index contributed by atoms with van der Waals surface area (Å²) in [6.07, 6.45) is 1.78. The molecule has 0 saturated carbocycles. The highest BCUT2D eigenvalue weighted by Crippen LogP contribution is 2.30. The van der Waals surface area contributed by atoms with Gasteiger partial charge in [0.1, 0.15) is 11.6 Å². The fourth-order valence-electron chi connectivity index (χ4n) is 1.50. The minimum absolute atomic E-state index is 0.787. The summed E-state index contributed by atoms with van der Waals surface area (Å²) < 4.78 is 6.25. The summed E-state index contributed by atoms with van der Waals surface area (Å²) in [7, 11) is 1.65. The average molecular weight is 293 g/mol. The van der Waals surface area contributed by atoms with Crippen molar-refractivity contribution < 1.29 is 4.74 Å². The van der Waals surface area contributed by atoms with Gasteiger partial charge in [0, 0.05) is 6.20 Å². The number of ether oxygens (including phenoxy) is 1. The first-order chi connectivity index (χ1) is 8.22. The third kappa shape index (κ3) is 2.58. The van der Waals surface area contributed by atoms with Gasteiger partial charge >= 0.3 is 0 Å². The number of para-hydroxylation sites is 2. The predicted molar refractivity (Wildman–Crippen MR) is 73.0 cm³/mol. The maximum Gasteiger partial charge on any atom is 0.145 e. The normalized spacial score (nSPS) is 10.1. The van der Waals surface area contributed by atoms with Gasteiger partial charge < -0.3 is 10.1 Å². The van der Waals surface area contributed by atoms with E-state index in [9.17, 15) is 0 Å². The largest absolute Gasteiger partial charge is 0.495 e. The van der Waals surface area contributed by atoms with E-state index in [-0.39, 0.29) is 0 Å². The van der Waals surface area contributed by atoms with Crippen LogP contribution in [0.4, 0.5) is 11.5 Å². The minimum Gasteiger partial charge on any atom is -0.495 e. The highest BCUT2D eigenvalue weighted by atomic mass is 79.9. The van der Waals surface area contributed by atoms with Gasteiger partial charge in [-0.25, -0.2) is 4.98 Å². The molecule has 3 nitrogen and oxygen atoms in total. The number of nitrogens with one attached hydrogen (secondary N) is 1. The van der Waals surface area contributed by atoms with Crippen LogP contribution < -0.4 is 10.1 Å². The third-order valence-corrected chi connectivity index (χ3v) is 3.44. The molecule has 0 saturated heterocycles. The van der Waals surface area contributed by atoms with Crippen molar-refractivity contribution in [2.24, 2.45) is 0 Å². The lowest BCUT2D eigenvalue weighted by Gasteiger charge is -2.12. The Hall–Kier alpha value is -1.55. The molecule has 1 aromatic heterocycles. The molecule has 0 aliphatic carbocycles. The van der Waals surface area contributed by atoms with Crippen LogP contribution in [0.3, 0.4) is 0 Å². The van der Waals surface area contributed by atoms with Crippen LogP contribution in [0.1, 0.15) is 5.56 Å². The molecule has 0 unspecified atom stereocenters. The highest BCUT2D eigenvalue weighted by molar-refractivity contribution is 9.10. The van der Waals surface area contributed by atoms with Gasteiger partial charge in [-0.3, -0.25) is 0 Å². The summed E-state index contributed by atoms with van der Waals surface area (Å²) in [6, 6.07) is 9.70. The van der Waals surface area contributed by atoms with Gasteiger partial charge in [-0.05, 0) is 46.6 Å². The summed E-state index contributed by atoms with van der Waals surface area (Å²) in [5.41, 5.74) is 2.03. The van der Waals surface area contributed by atoms with E-state index < -0.39 is 0 Å². The summed E-state index contributed by atoms with van der Waals surface area (Å²) in [6.45, 7) is 2.03. The van der Waals surface area contributed by atoms with Crippen molar-refractivity contribution in [3.05, 3.63) is 46.6 Å². The van der Waals surface area contributed by atoms with Crippen LogP contribution in [0.15, 0.2) is 41.0 Å². The molecule has 0 spiro atoms. The van der Waals surface area contributed by atoms with Crippen molar-refractivity contribution in [2.45, 2.75) is 6.92 Å². The van der Waals surface area contributed by atoms with E-state index >= 15 is 0 Å². The number of anilines is 2. The number of halogens is 1. The van der Waals surface area contributed by atoms with E-state index in [1.165, 1.54) is 0 Å². The molecular formula is C13H13BrN2O. The number of hydrogen-bond acceptors (Lipinski definition) is 3. The number of hydrogen-bond donors (Lipinski definition) is 1. The lowest BCUT2D eigenvalue weighted by molar-refractivity contribution is 0.417. The van der Waals surface area contributed by atoms with Gasteiger partial charge in [0.15, 0.2) is 0 Å². The zero-order valence-corrected chi connectivity index (χ0v) is 11.3. The van der Waals surface area contributed by atoms with Gasteiger partial charge in [-0.1, -0.05) is 12.1 Å². The van der Waals surface area contributed by atoms with Crippen LogP contribution in [0, 0.1) is 6.92 Å². The SMILES string of the molecule is COc1ccccc1Nc1nccc(C)c1Br. The van der Waals surface area contributed by atoms with E-state index in [1.807, 2.05) is 37.3 Å². The molecule has 88 valence electrons. The molecule has 0 fully saturated rings. The topological polar surface area (TPSA) is 34.1 Å². The Balaban J connectivity index is 2.35. The first kappa shape index (κ1) is 11.9. The van der Waals surface area contributed by atoms with E-state index in [1.54, 1.807) is 13.3 Å². The summed E-state index contributed by atoms with van der Waals surface area (Å²) in [5.74, 6) is 1.58. The molecule has 0 bridgehead atoms. The smallest absolute Gasteiger partial charge is 0.145 e. The minimum atomic E-state index is 0.787. The van der Waals surface area contributed by atoms with E-state index in [0.29, 0.717) is 0 Å². The van der Waals surface area contributed by atoms with E-state index in [4.69, 9.17) is 4.74 Å². The first-order valence-corrected chi connectivity index (χ1v) is 6.03. The number of benzene rings is 1. The van der Waals surface area contributed by atoms with Crippen LogP contribution in [0.2, 0.25) is 0 Å². The number of methoxy groups -OCH3 is 1. The first-order valence-electron chi connectivity index (χ1n) is 5.23. The highest BCUT2D eigenvalue weighted by Gasteiger charge is 2.07. The Bertz CT molecular complexity index is 529. The molecule has 2 rings (SSSR count). The van der Waals surface area contributed by atoms with Crippen molar-refractivity contribution in [1.29, 1.82) is 0 Å². The molecule has 17 heavy (non-hydrogen) atoms. The maximum atomic E-state index is 5.28. The fourth-order valence-corrected chi connectivity index (χ4v) is 1.84. The Labute approximate surface area is 109 Å². The van der Waals surface area contributed by atoms with Crippen molar-refractivity contribution in [3.8, 4) is 5.75 Å². The Morgan fingerprint density at radius 2 is 2.00 bits per heavy atom. The molecule has 1 heterocycles. The molecule has 0 aliphatic heterocycles. The summed E-state index contributed by atoms with van der Waals surface area (Å²) >= 11 is 3.52. The van der Waals surface area contributed by atoms with Crippen LogP contribution in [0.5, 0.6) is 5.75 Å². The number of rotatable bonds is 3. The van der Waals surface area contributed by atoms with Crippen LogP contribution in [0.25, 0.3) is 0 Å². The molecular weight excluding hydrogens is 280 g/mol. The summed E-state index contributed by atoms with van der Waals surface area (Å²) in [5, 5.41) is 3.25. The molecule has 0 radical (unpaired) electrons. The van der Waals surface area contributed by atoms with Crippen LogP contribution >= 0.6 is 15.9 Å². The van der Waals surface area contributed by atoms with E-state index in [2.05, 4.69) is 26.2 Å². The van der Waals surface area contributed by atoms with Gasteiger partial charge in [-0.2, -0.15) is 0 Å². The molecule has 1 N–H and O–H groups in total. The second-order valence-corrected chi connectivity index (χ2v) is 4.41. The zero-order chi connectivity index (χ0) is 12.3. The molecule has 1 aromatic carbocycles. The molecule has 0 atom stereocenters. The Kier molecular flexibility index (Phi) is 3.64. The van der Waals surface area contributed by atoms with Crippen molar-refractivity contribution in [1.82, 2.24) is 4.98 Å². The fraction of sp³-hybridized carbons (Fsp3) is 0.154. The lowest BCUT2D eigenvalue weighted by atomic mass is 10.2. The standard InChI is InChI=1S/C13H13BrN2O/c1-9-7-8-15-13(12(9)14)16-10-5-3-4-6-11(10)17-2/h3-8H,1-2H3,(H,15,16). The van der Waals surface area contributed by atoms with Crippen molar-refractivity contribution >= 4 is 27.4 Å². The third-order valence-electron chi connectivity index (χ3n) is 2.44. The zero-order valence-electron chi connectivity index (χ0n) is 9.70. The summed E-state index contributed by atoms with van der Waals surface area (Å²) in [4.78, 5) is 4.30. The second-order valence-electron chi connectivity index (χ2n) is 3.62. The van der Waals surface area contributed by atoms with Gasteiger partial charge in [0.2, 0.25) is 0 Å². The Morgan fingerprint density at radius 1 is 1.24 bits per heavy atom. The number of aryl methyl sites for hydroxylation is 1. The Morgan fingerprint density at radius 3 is 2.76 bits per heavy atom. The van der Waals surface area contributed by atoms with Crippen molar-refractivity contribution in [2.75, 3.05) is 12.4 Å². The number of aromatic nitrogens is 1. The lowest BCUT2D eigenvalue weighted by Crippen LogP contribution is -1.98. The van der Waals surface area contributed by atoms with Gasteiger partial charge in [0.05, 0.1) is 17.3 Å². The second kappa shape index (κ2) is 5.19. The van der Waals surface area contributed by atoms with E-state index in [0.717, 1.165) is 27.3 Å². The van der Waals surface area contributed by atoms with Gasteiger partial charge in [-0.15, -0.1) is 0 Å². The quantitative estimate of drug-likeness (QED) is 0.931. The predicted octanol–water partition coefficient (Wildman–Crippen LogP) is 3.90. The molecule has 4 heteroatoms. The molecule has 0 aliphatic rings. The maximum absolute atomic E-state index is 5.28. The number of nitrogens with zero attached hydrogens (tertiary/aromatic N) is 1.